The van der Waals surface area contributed by atoms with Gasteiger partial charge in [-0.3, -0.25) is 4.79 Å². The first-order valence-corrected chi connectivity index (χ1v) is 9.24. The van der Waals surface area contributed by atoms with Gasteiger partial charge in [0, 0.05) is 36.8 Å². The maximum Gasteiger partial charge on any atom is 0.320 e. The SMILES string of the molecule is Cc1ccc(C(=O)NC2CCN(C(=O)N(C(C)C)C(C)C)CC2)cc1. The normalized spacial score (nSPS) is 15.6. The highest BCUT2D eigenvalue weighted by Crippen LogP contribution is 2.16. The largest absolute Gasteiger partial charge is 0.349 e. The van der Waals surface area contributed by atoms with E-state index in [1.54, 1.807) is 0 Å². The number of hydrogen-bond acceptors (Lipinski definition) is 2. The predicted octanol–water partition coefficient (Wildman–Crippen LogP) is 3.43. The van der Waals surface area contributed by atoms with Gasteiger partial charge in [-0.25, -0.2) is 4.79 Å². The maximum absolute atomic E-state index is 12.7. The zero-order chi connectivity index (χ0) is 18.6. The standard InChI is InChI=1S/C20H31N3O2/c1-14(2)23(15(3)4)20(25)22-12-10-18(11-13-22)21-19(24)17-8-6-16(5)7-9-17/h6-9,14-15,18H,10-13H2,1-5H3,(H,21,24). The number of hydrogen-bond donors (Lipinski definition) is 1. The second-order valence-corrected chi connectivity index (χ2v) is 7.48. The number of piperidine rings is 1. The van der Waals surface area contributed by atoms with Crippen LogP contribution < -0.4 is 5.32 Å². The van der Waals surface area contributed by atoms with E-state index >= 15 is 0 Å². The van der Waals surface area contributed by atoms with Crippen molar-refractivity contribution < 1.29 is 9.59 Å². The summed E-state index contributed by atoms with van der Waals surface area (Å²) in [6.07, 6.45) is 1.60. The zero-order valence-corrected chi connectivity index (χ0v) is 16.1. The molecule has 0 aliphatic carbocycles. The van der Waals surface area contributed by atoms with Crippen LogP contribution in [0.2, 0.25) is 0 Å². The molecule has 1 aliphatic rings. The van der Waals surface area contributed by atoms with Crippen LogP contribution in [0.1, 0.15) is 56.5 Å². The first-order valence-electron chi connectivity index (χ1n) is 9.24. The van der Waals surface area contributed by atoms with Gasteiger partial charge in [0.1, 0.15) is 0 Å². The first kappa shape index (κ1) is 19.3. The molecule has 1 aliphatic heterocycles. The van der Waals surface area contributed by atoms with Crippen LogP contribution in [0, 0.1) is 6.92 Å². The number of amides is 3. The van der Waals surface area contributed by atoms with Gasteiger partial charge >= 0.3 is 6.03 Å². The molecule has 3 amide bonds. The zero-order valence-electron chi connectivity index (χ0n) is 16.1. The molecule has 5 nitrogen and oxygen atoms in total. The Bertz CT molecular complexity index is 579. The number of likely N-dealkylation sites (tertiary alicyclic amines) is 1. The monoisotopic (exact) mass is 345 g/mol. The molecule has 5 heteroatoms. The van der Waals surface area contributed by atoms with Gasteiger partial charge in [0.05, 0.1) is 0 Å². The van der Waals surface area contributed by atoms with Crippen LogP contribution in [-0.2, 0) is 0 Å². The number of nitrogens with zero attached hydrogens (tertiary/aromatic N) is 2. The molecule has 0 bridgehead atoms. The van der Waals surface area contributed by atoms with Crippen molar-refractivity contribution in [1.82, 2.24) is 15.1 Å². The molecule has 1 saturated heterocycles. The number of nitrogens with one attached hydrogen (secondary N) is 1. The van der Waals surface area contributed by atoms with E-state index in [0.717, 1.165) is 18.4 Å². The fraction of sp³-hybridized carbons (Fsp3) is 0.600. The molecule has 0 saturated carbocycles. The average Bonchev–Trinajstić information content (AvgIpc) is 2.55. The van der Waals surface area contributed by atoms with Crippen molar-refractivity contribution in [3.8, 4) is 0 Å². The molecular formula is C20H31N3O2. The van der Waals surface area contributed by atoms with Crippen molar-refractivity contribution >= 4 is 11.9 Å². The Morgan fingerprint density at radius 1 is 1.04 bits per heavy atom. The Labute approximate surface area is 151 Å². The summed E-state index contributed by atoms with van der Waals surface area (Å²) >= 11 is 0. The number of aryl methyl sites for hydroxylation is 1. The molecule has 2 rings (SSSR count). The van der Waals surface area contributed by atoms with Gasteiger partial charge in [-0.1, -0.05) is 17.7 Å². The molecule has 25 heavy (non-hydrogen) atoms. The van der Waals surface area contributed by atoms with Gasteiger partial charge < -0.3 is 15.1 Å². The minimum atomic E-state index is -0.0317. The molecule has 0 aromatic heterocycles. The van der Waals surface area contributed by atoms with E-state index < -0.39 is 0 Å². The van der Waals surface area contributed by atoms with E-state index in [1.165, 1.54) is 0 Å². The molecule has 0 spiro atoms. The lowest BCUT2D eigenvalue weighted by molar-refractivity contribution is 0.0898. The summed E-state index contributed by atoms with van der Waals surface area (Å²) in [5.41, 5.74) is 1.83. The minimum Gasteiger partial charge on any atom is -0.349 e. The predicted molar refractivity (Wildman–Crippen MR) is 101 cm³/mol. The van der Waals surface area contributed by atoms with Gasteiger partial charge in [-0.05, 0) is 59.6 Å². The number of benzene rings is 1. The molecule has 1 aromatic carbocycles. The number of carbonyl (C=O) groups is 2. The number of rotatable bonds is 4. The van der Waals surface area contributed by atoms with Gasteiger partial charge in [0.15, 0.2) is 0 Å². The van der Waals surface area contributed by atoms with Crippen LogP contribution in [0.25, 0.3) is 0 Å². The third-order valence-corrected chi connectivity index (χ3v) is 4.75. The van der Waals surface area contributed by atoms with E-state index in [9.17, 15) is 9.59 Å². The van der Waals surface area contributed by atoms with Gasteiger partial charge in [-0.15, -0.1) is 0 Å². The van der Waals surface area contributed by atoms with Gasteiger partial charge in [0.2, 0.25) is 0 Å². The van der Waals surface area contributed by atoms with Crippen LogP contribution >= 0.6 is 0 Å². The number of carbonyl (C=O) groups excluding carboxylic acids is 2. The van der Waals surface area contributed by atoms with Crippen molar-refractivity contribution in [2.75, 3.05) is 13.1 Å². The summed E-state index contributed by atoms with van der Waals surface area (Å²) in [5, 5.41) is 3.10. The summed E-state index contributed by atoms with van der Waals surface area (Å²) in [5.74, 6) is -0.0317. The highest BCUT2D eigenvalue weighted by atomic mass is 16.2. The summed E-state index contributed by atoms with van der Waals surface area (Å²) in [4.78, 5) is 28.9. The average molecular weight is 345 g/mol. The molecule has 1 N–H and O–H groups in total. The Kier molecular flexibility index (Phi) is 6.45. The van der Waals surface area contributed by atoms with Crippen LogP contribution in [0.4, 0.5) is 4.79 Å². The summed E-state index contributed by atoms with van der Waals surface area (Å²) < 4.78 is 0. The van der Waals surface area contributed by atoms with Crippen molar-refractivity contribution in [3.05, 3.63) is 35.4 Å². The van der Waals surface area contributed by atoms with Crippen LogP contribution in [-0.4, -0.2) is 53.0 Å². The molecule has 0 atom stereocenters. The van der Waals surface area contributed by atoms with Crippen LogP contribution in [0.15, 0.2) is 24.3 Å². The lowest BCUT2D eigenvalue weighted by atomic mass is 10.0. The van der Waals surface area contributed by atoms with E-state index in [1.807, 2.05) is 68.7 Å². The molecule has 1 aromatic rings. The molecule has 0 unspecified atom stereocenters. The third kappa shape index (κ3) is 4.97. The van der Waals surface area contributed by atoms with E-state index in [0.29, 0.717) is 18.7 Å². The second kappa shape index (κ2) is 8.37. The lowest BCUT2D eigenvalue weighted by Gasteiger charge is -2.39. The Hall–Kier alpha value is -2.04. The molecule has 0 radical (unpaired) electrons. The Morgan fingerprint density at radius 3 is 2.04 bits per heavy atom. The van der Waals surface area contributed by atoms with Crippen LogP contribution in [0.5, 0.6) is 0 Å². The fourth-order valence-electron chi connectivity index (χ4n) is 3.39. The Morgan fingerprint density at radius 2 is 1.56 bits per heavy atom. The summed E-state index contributed by atoms with van der Waals surface area (Å²) in [6, 6.07) is 8.21. The third-order valence-electron chi connectivity index (χ3n) is 4.75. The summed E-state index contributed by atoms with van der Waals surface area (Å²) in [7, 11) is 0. The minimum absolute atomic E-state index is 0.0317. The molecule has 1 fully saturated rings. The van der Waals surface area contributed by atoms with Crippen molar-refractivity contribution in [1.29, 1.82) is 0 Å². The van der Waals surface area contributed by atoms with Crippen molar-refractivity contribution in [3.63, 3.8) is 0 Å². The van der Waals surface area contributed by atoms with Crippen molar-refractivity contribution in [2.24, 2.45) is 0 Å². The summed E-state index contributed by atoms with van der Waals surface area (Å²) in [6.45, 7) is 11.6. The van der Waals surface area contributed by atoms with Gasteiger partial charge in [-0.2, -0.15) is 0 Å². The molecule has 1 heterocycles. The second-order valence-electron chi connectivity index (χ2n) is 7.48. The first-order chi connectivity index (χ1) is 11.8. The lowest BCUT2D eigenvalue weighted by Crippen LogP contribution is -2.53. The van der Waals surface area contributed by atoms with E-state index in [-0.39, 0.29) is 30.1 Å². The van der Waals surface area contributed by atoms with Crippen molar-refractivity contribution in [2.45, 2.75) is 65.6 Å². The quantitative estimate of drug-likeness (QED) is 0.909. The molecule has 138 valence electrons. The Balaban J connectivity index is 1.87. The maximum atomic E-state index is 12.7. The molecular weight excluding hydrogens is 314 g/mol. The highest BCUT2D eigenvalue weighted by molar-refractivity contribution is 5.94. The smallest absolute Gasteiger partial charge is 0.320 e. The van der Waals surface area contributed by atoms with Crippen LogP contribution in [0.3, 0.4) is 0 Å². The van der Waals surface area contributed by atoms with Gasteiger partial charge in [0.25, 0.3) is 5.91 Å². The fourth-order valence-corrected chi connectivity index (χ4v) is 3.39. The highest BCUT2D eigenvalue weighted by Gasteiger charge is 2.29. The van der Waals surface area contributed by atoms with E-state index in [4.69, 9.17) is 0 Å². The van der Waals surface area contributed by atoms with E-state index in [2.05, 4.69) is 5.32 Å². The topological polar surface area (TPSA) is 52.7 Å². The number of urea groups is 1.